The number of rotatable bonds is 4. The number of nitrogen functional groups attached to an aromatic ring is 1. The standard InChI is InChI=1S/C18H19FN4O/c1-4-10-6-12(7-13-9-21-18(19)22-15(10)13)14-8-11(5-2)16(20)23-17(14)24-3/h6-9H,4-5H2,1-3H3,(H2,20,23). The van der Waals surface area contributed by atoms with Gasteiger partial charge in [-0.1, -0.05) is 13.8 Å². The average molecular weight is 326 g/mol. The lowest BCUT2D eigenvalue weighted by molar-refractivity contribution is 0.400. The molecule has 0 saturated heterocycles. The van der Waals surface area contributed by atoms with Crippen LogP contribution in [0.15, 0.2) is 24.4 Å². The molecule has 124 valence electrons. The third-order valence-electron chi connectivity index (χ3n) is 4.10. The number of nitrogens with two attached hydrogens (primary N) is 1. The number of aryl methyl sites for hydroxylation is 2. The third kappa shape index (κ3) is 2.75. The van der Waals surface area contributed by atoms with Gasteiger partial charge in [0.2, 0.25) is 5.88 Å². The summed E-state index contributed by atoms with van der Waals surface area (Å²) < 4.78 is 18.8. The molecule has 0 aliphatic carbocycles. The summed E-state index contributed by atoms with van der Waals surface area (Å²) in [5, 5.41) is 0.780. The molecule has 2 heterocycles. The van der Waals surface area contributed by atoms with Gasteiger partial charge in [-0.25, -0.2) is 9.97 Å². The highest BCUT2D eigenvalue weighted by atomic mass is 19.1. The number of benzene rings is 1. The van der Waals surface area contributed by atoms with E-state index in [1.54, 1.807) is 7.11 Å². The van der Waals surface area contributed by atoms with E-state index in [9.17, 15) is 4.39 Å². The predicted molar refractivity (Wildman–Crippen MR) is 92.4 cm³/mol. The molecule has 0 spiro atoms. The van der Waals surface area contributed by atoms with E-state index in [1.807, 2.05) is 32.0 Å². The average Bonchev–Trinajstić information content (AvgIpc) is 2.60. The van der Waals surface area contributed by atoms with Crippen molar-refractivity contribution < 1.29 is 9.13 Å². The summed E-state index contributed by atoms with van der Waals surface area (Å²) in [6.45, 7) is 4.03. The predicted octanol–water partition coefficient (Wildman–Crippen LogP) is 3.55. The van der Waals surface area contributed by atoms with Crippen molar-refractivity contribution in [3.63, 3.8) is 0 Å². The molecule has 5 nitrogen and oxygen atoms in total. The summed E-state index contributed by atoms with van der Waals surface area (Å²) in [6, 6.07) is 5.90. The quantitative estimate of drug-likeness (QED) is 0.742. The molecule has 0 radical (unpaired) electrons. The lowest BCUT2D eigenvalue weighted by atomic mass is 9.98. The molecule has 3 rings (SSSR count). The van der Waals surface area contributed by atoms with Gasteiger partial charge >= 0.3 is 6.08 Å². The lowest BCUT2D eigenvalue weighted by Gasteiger charge is -2.13. The molecule has 6 heteroatoms. The SMILES string of the molecule is CCc1cc(-c2cc(CC)c3nc(F)ncc3c2)c(OC)nc1N. The molecular formula is C18H19FN4O. The van der Waals surface area contributed by atoms with Crippen molar-refractivity contribution in [2.45, 2.75) is 26.7 Å². The van der Waals surface area contributed by atoms with Crippen molar-refractivity contribution >= 4 is 16.7 Å². The normalized spacial score (nSPS) is 11.0. The van der Waals surface area contributed by atoms with Crippen molar-refractivity contribution in [1.29, 1.82) is 0 Å². The number of aromatic nitrogens is 3. The number of fused-ring (bicyclic) bond motifs is 1. The molecule has 0 aliphatic rings. The molecule has 0 atom stereocenters. The van der Waals surface area contributed by atoms with Gasteiger partial charge < -0.3 is 10.5 Å². The second-order valence-corrected chi connectivity index (χ2v) is 5.51. The Bertz CT molecular complexity index is 911. The van der Waals surface area contributed by atoms with Gasteiger partial charge in [-0.05, 0) is 47.7 Å². The van der Waals surface area contributed by atoms with Gasteiger partial charge in [0.05, 0.1) is 12.6 Å². The monoisotopic (exact) mass is 326 g/mol. The van der Waals surface area contributed by atoms with Crippen LogP contribution in [0.3, 0.4) is 0 Å². The zero-order valence-corrected chi connectivity index (χ0v) is 13.9. The van der Waals surface area contributed by atoms with Gasteiger partial charge in [-0.3, -0.25) is 0 Å². The Morgan fingerprint density at radius 3 is 2.50 bits per heavy atom. The first-order chi connectivity index (χ1) is 11.6. The van der Waals surface area contributed by atoms with E-state index >= 15 is 0 Å². The summed E-state index contributed by atoms with van der Waals surface area (Å²) in [4.78, 5) is 11.9. The van der Waals surface area contributed by atoms with Crippen LogP contribution in [-0.4, -0.2) is 22.1 Å². The number of ether oxygens (including phenoxy) is 1. The molecule has 3 aromatic rings. The van der Waals surface area contributed by atoms with Crippen LogP contribution in [0.25, 0.3) is 22.0 Å². The number of methoxy groups -OCH3 is 1. The topological polar surface area (TPSA) is 73.9 Å². The van der Waals surface area contributed by atoms with Gasteiger partial charge in [-0.2, -0.15) is 9.37 Å². The van der Waals surface area contributed by atoms with Crippen LogP contribution < -0.4 is 10.5 Å². The minimum atomic E-state index is -0.718. The molecule has 0 saturated carbocycles. The summed E-state index contributed by atoms with van der Waals surface area (Å²) in [5.41, 5.74) is 10.3. The maximum atomic E-state index is 13.4. The van der Waals surface area contributed by atoms with E-state index in [1.165, 1.54) is 6.20 Å². The Morgan fingerprint density at radius 1 is 1.08 bits per heavy atom. The molecule has 0 unspecified atom stereocenters. The molecule has 0 fully saturated rings. The first-order valence-corrected chi connectivity index (χ1v) is 7.86. The second kappa shape index (κ2) is 6.39. The van der Waals surface area contributed by atoms with Crippen LogP contribution in [0.5, 0.6) is 5.88 Å². The molecule has 24 heavy (non-hydrogen) atoms. The van der Waals surface area contributed by atoms with Gasteiger partial charge in [0.1, 0.15) is 5.82 Å². The number of nitrogens with zero attached hydrogens (tertiary/aromatic N) is 3. The maximum absolute atomic E-state index is 13.4. The van der Waals surface area contributed by atoms with E-state index in [2.05, 4.69) is 15.0 Å². The lowest BCUT2D eigenvalue weighted by Crippen LogP contribution is -2.02. The van der Waals surface area contributed by atoms with E-state index in [-0.39, 0.29) is 0 Å². The summed E-state index contributed by atoms with van der Waals surface area (Å²) in [5.74, 6) is 0.939. The van der Waals surface area contributed by atoms with Crippen molar-refractivity contribution in [1.82, 2.24) is 15.0 Å². The van der Waals surface area contributed by atoms with Crippen LogP contribution >= 0.6 is 0 Å². The Kier molecular flexibility index (Phi) is 4.29. The van der Waals surface area contributed by atoms with Crippen molar-refractivity contribution in [3.8, 4) is 17.0 Å². The zero-order valence-electron chi connectivity index (χ0n) is 13.9. The number of halogens is 1. The van der Waals surface area contributed by atoms with Gasteiger partial charge in [0, 0.05) is 17.1 Å². The largest absolute Gasteiger partial charge is 0.480 e. The molecule has 2 aromatic heterocycles. The highest BCUT2D eigenvalue weighted by Crippen LogP contribution is 2.34. The van der Waals surface area contributed by atoms with E-state index in [0.717, 1.165) is 40.5 Å². The Labute approximate surface area is 139 Å². The molecule has 1 aromatic carbocycles. The Hall–Kier alpha value is -2.76. The van der Waals surface area contributed by atoms with Crippen molar-refractivity contribution in [2.24, 2.45) is 0 Å². The first-order valence-electron chi connectivity index (χ1n) is 7.86. The van der Waals surface area contributed by atoms with Gasteiger partial charge in [-0.15, -0.1) is 0 Å². The highest BCUT2D eigenvalue weighted by Gasteiger charge is 2.14. The molecule has 0 aliphatic heterocycles. The third-order valence-corrected chi connectivity index (χ3v) is 4.10. The first kappa shape index (κ1) is 16.1. The fraction of sp³-hybridized carbons (Fsp3) is 0.278. The van der Waals surface area contributed by atoms with Gasteiger partial charge in [0.15, 0.2) is 0 Å². The maximum Gasteiger partial charge on any atom is 0.309 e. The van der Waals surface area contributed by atoms with Crippen LogP contribution in [0.1, 0.15) is 25.0 Å². The Balaban J connectivity index is 2.28. The molecular weight excluding hydrogens is 307 g/mol. The van der Waals surface area contributed by atoms with Crippen molar-refractivity contribution in [2.75, 3.05) is 12.8 Å². The Morgan fingerprint density at radius 2 is 1.83 bits per heavy atom. The summed E-state index contributed by atoms with van der Waals surface area (Å²) >= 11 is 0. The smallest absolute Gasteiger partial charge is 0.309 e. The van der Waals surface area contributed by atoms with Crippen LogP contribution in [0.4, 0.5) is 10.2 Å². The minimum Gasteiger partial charge on any atom is -0.480 e. The van der Waals surface area contributed by atoms with E-state index in [4.69, 9.17) is 10.5 Å². The zero-order chi connectivity index (χ0) is 17.3. The van der Waals surface area contributed by atoms with Gasteiger partial charge in [0.25, 0.3) is 0 Å². The summed E-state index contributed by atoms with van der Waals surface area (Å²) in [6.07, 6.45) is 2.29. The fourth-order valence-electron chi connectivity index (χ4n) is 2.82. The number of hydrogen-bond donors (Lipinski definition) is 1. The number of hydrogen-bond acceptors (Lipinski definition) is 5. The molecule has 0 bridgehead atoms. The minimum absolute atomic E-state index is 0.467. The van der Waals surface area contributed by atoms with Crippen LogP contribution in [-0.2, 0) is 12.8 Å². The summed E-state index contributed by atoms with van der Waals surface area (Å²) in [7, 11) is 1.57. The van der Waals surface area contributed by atoms with Crippen molar-refractivity contribution in [3.05, 3.63) is 41.6 Å². The number of anilines is 1. The van der Waals surface area contributed by atoms with Crippen LogP contribution in [0, 0.1) is 6.08 Å². The highest BCUT2D eigenvalue weighted by molar-refractivity contribution is 5.88. The number of pyridine rings is 1. The van der Waals surface area contributed by atoms with E-state index < -0.39 is 6.08 Å². The fourth-order valence-corrected chi connectivity index (χ4v) is 2.82. The van der Waals surface area contributed by atoms with E-state index in [0.29, 0.717) is 17.2 Å². The van der Waals surface area contributed by atoms with Crippen LogP contribution in [0.2, 0.25) is 0 Å². The molecule has 0 amide bonds. The molecule has 2 N–H and O–H groups in total. The second-order valence-electron chi connectivity index (χ2n) is 5.51.